The van der Waals surface area contributed by atoms with Gasteiger partial charge in [-0.1, -0.05) is 13.8 Å². The average Bonchev–Trinajstić information content (AvgIpc) is 3.38. The Hall–Kier alpha value is -2.89. The molecule has 0 saturated heterocycles. The van der Waals surface area contributed by atoms with Crippen molar-refractivity contribution in [1.29, 1.82) is 0 Å². The second kappa shape index (κ2) is 6.44. The number of hydrogen-bond donors (Lipinski definition) is 2. The van der Waals surface area contributed by atoms with Gasteiger partial charge in [0.15, 0.2) is 0 Å². The maximum Gasteiger partial charge on any atom is 0.339 e. The molecule has 0 amide bonds. The highest BCUT2D eigenvalue weighted by molar-refractivity contribution is 5.94. The van der Waals surface area contributed by atoms with Crippen LogP contribution in [0.25, 0.3) is 10.9 Å². The van der Waals surface area contributed by atoms with Crippen molar-refractivity contribution in [3.8, 4) is 0 Å². The lowest BCUT2D eigenvalue weighted by molar-refractivity contribution is 0.0697. The maximum absolute atomic E-state index is 11.6. The summed E-state index contributed by atoms with van der Waals surface area (Å²) in [5.41, 5.74) is 3.10. The van der Waals surface area contributed by atoms with E-state index >= 15 is 0 Å². The first kappa shape index (κ1) is 16.6. The summed E-state index contributed by atoms with van der Waals surface area (Å²) in [6, 6.07) is 7.66. The predicted molar refractivity (Wildman–Crippen MR) is 101 cm³/mol. The van der Waals surface area contributed by atoms with Crippen molar-refractivity contribution in [3.63, 3.8) is 0 Å². The van der Waals surface area contributed by atoms with E-state index in [1.165, 1.54) is 0 Å². The molecule has 1 saturated carbocycles. The molecule has 2 aromatic heterocycles. The predicted octanol–water partition coefficient (Wildman–Crippen LogP) is 4.41. The molecule has 134 valence electrons. The van der Waals surface area contributed by atoms with Crippen LogP contribution in [0.15, 0.2) is 36.7 Å². The molecule has 0 spiro atoms. The number of fused-ring (bicyclic) bond motifs is 1. The number of hydrogen-bond acceptors (Lipinski definition) is 4. The van der Waals surface area contributed by atoms with Gasteiger partial charge in [0.25, 0.3) is 0 Å². The molecule has 1 fully saturated rings. The van der Waals surface area contributed by atoms with Crippen molar-refractivity contribution in [1.82, 2.24) is 14.8 Å². The van der Waals surface area contributed by atoms with Crippen molar-refractivity contribution < 1.29 is 9.90 Å². The lowest BCUT2D eigenvalue weighted by atomic mass is 10.1. The van der Waals surface area contributed by atoms with E-state index in [0.717, 1.165) is 41.5 Å². The Balaban J connectivity index is 1.63. The van der Waals surface area contributed by atoms with E-state index in [-0.39, 0.29) is 5.56 Å². The fourth-order valence-electron chi connectivity index (χ4n) is 3.18. The van der Waals surface area contributed by atoms with Crippen LogP contribution in [-0.2, 0) is 6.54 Å². The fraction of sp³-hybridized carbons (Fsp3) is 0.350. The van der Waals surface area contributed by atoms with Crippen LogP contribution < -0.4 is 5.32 Å². The fourth-order valence-corrected chi connectivity index (χ4v) is 3.18. The van der Waals surface area contributed by atoms with Crippen LogP contribution in [0.2, 0.25) is 0 Å². The summed E-state index contributed by atoms with van der Waals surface area (Å²) in [7, 11) is 0. The largest absolute Gasteiger partial charge is 0.478 e. The molecule has 1 aliphatic rings. The minimum atomic E-state index is -0.965. The Labute approximate surface area is 151 Å². The van der Waals surface area contributed by atoms with Gasteiger partial charge in [0, 0.05) is 23.8 Å². The highest BCUT2D eigenvalue weighted by Crippen LogP contribution is 2.40. The number of nitrogens with one attached hydrogen (secondary N) is 1. The van der Waals surface area contributed by atoms with E-state index in [2.05, 4.69) is 29.2 Å². The molecule has 0 aliphatic heterocycles. The van der Waals surface area contributed by atoms with Gasteiger partial charge in [-0.2, -0.15) is 5.10 Å². The van der Waals surface area contributed by atoms with E-state index < -0.39 is 5.97 Å². The molecule has 26 heavy (non-hydrogen) atoms. The number of aromatic nitrogens is 3. The first-order valence-electron chi connectivity index (χ1n) is 8.97. The van der Waals surface area contributed by atoms with Crippen LogP contribution in [0.1, 0.15) is 48.5 Å². The number of anilines is 2. The van der Waals surface area contributed by atoms with Gasteiger partial charge in [-0.25, -0.2) is 9.78 Å². The standard InChI is InChI=1S/C20H22N4O2/c1-12(2)11-24-18-6-5-16(7-15(18)10-22-24)23-19-17(20(25)26)8-14(9-21-19)13-3-4-13/h5-10,12-13H,3-4,11H2,1-2H3,(H,21,23)(H,25,26). The molecule has 6 nitrogen and oxygen atoms in total. The summed E-state index contributed by atoms with van der Waals surface area (Å²) >= 11 is 0. The van der Waals surface area contributed by atoms with Crippen LogP contribution in [0, 0.1) is 5.92 Å². The normalized spacial score (nSPS) is 14.1. The molecule has 0 atom stereocenters. The maximum atomic E-state index is 11.6. The lowest BCUT2D eigenvalue weighted by Crippen LogP contribution is -2.06. The summed E-state index contributed by atoms with van der Waals surface area (Å²) < 4.78 is 2.00. The first-order chi connectivity index (χ1) is 12.5. The highest BCUT2D eigenvalue weighted by Gasteiger charge is 2.26. The molecular formula is C20H22N4O2. The third kappa shape index (κ3) is 3.27. The quantitative estimate of drug-likeness (QED) is 0.688. The molecule has 1 aromatic carbocycles. The number of pyridine rings is 1. The van der Waals surface area contributed by atoms with Gasteiger partial charge >= 0.3 is 5.97 Å². The molecule has 0 bridgehead atoms. The third-order valence-electron chi connectivity index (χ3n) is 4.63. The summed E-state index contributed by atoms with van der Waals surface area (Å²) in [6.45, 7) is 5.19. The number of nitrogens with zero attached hydrogens (tertiary/aromatic N) is 3. The van der Waals surface area contributed by atoms with E-state index in [1.54, 1.807) is 12.3 Å². The van der Waals surface area contributed by atoms with Crippen molar-refractivity contribution in [3.05, 3.63) is 47.8 Å². The summed E-state index contributed by atoms with van der Waals surface area (Å²) in [5.74, 6) is 0.394. The molecule has 3 aromatic rings. The van der Waals surface area contributed by atoms with Crippen LogP contribution in [0.4, 0.5) is 11.5 Å². The number of carbonyl (C=O) groups is 1. The highest BCUT2D eigenvalue weighted by atomic mass is 16.4. The van der Waals surface area contributed by atoms with Gasteiger partial charge < -0.3 is 10.4 Å². The molecule has 1 aliphatic carbocycles. The smallest absolute Gasteiger partial charge is 0.339 e. The van der Waals surface area contributed by atoms with Gasteiger partial charge in [-0.15, -0.1) is 0 Å². The minimum absolute atomic E-state index is 0.213. The molecule has 6 heteroatoms. The second-order valence-electron chi connectivity index (χ2n) is 7.36. The molecule has 4 rings (SSSR count). The minimum Gasteiger partial charge on any atom is -0.478 e. The van der Waals surface area contributed by atoms with Crippen molar-refractivity contribution >= 4 is 28.4 Å². The Bertz CT molecular complexity index is 973. The van der Waals surface area contributed by atoms with Crippen LogP contribution in [0.3, 0.4) is 0 Å². The zero-order valence-electron chi connectivity index (χ0n) is 14.9. The molecule has 0 radical (unpaired) electrons. The third-order valence-corrected chi connectivity index (χ3v) is 4.63. The zero-order chi connectivity index (χ0) is 18.3. The number of rotatable bonds is 6. The molecular weight excluding hydrogens is 328 g/mol. The van der Waals surface area contributed by atoms with E-state index in [9.17, 15) is 9.90 Å². The monoisotopic (exact) mass is 350 g/mol. The SMILES string of the molecule is CC(C)Cn1ncc2cc(Nc3ncc(C4CC4)cc3C(=O)O)ccc21. The number of carboxylic acid groups (broad SMARTS) is 1. The average molecular weight is 350 g/mol. The van der Waals surface area contributed by atoms with Gasteiger partial charge in [0.05, 0.1) is 11.7 Å². The summed E-state index contributed by atoms with van der Waals surface area (Å²) in [5, 5.41) is 18.2. The molecule has 2 N–H and O–H groups in total. The molecule has 2 heterocycles. The van der Waals surface area contributed by atoms with Crippen molar-refractivity contribution in [2.45, 2.75) is 39.2 Å². The Morgan fingerprint density at radius 1 is 1.31 bits per heavy atom. The van der Waals surface area contributed by atoms with Gasteiger partial charge in [0.1, 0.15) is 11.4 Å². The Kier molecular flexibility index (Phi) is 4.11. The molecule has 0 unspecified atom stereocenters. The number of benzene rings is 1. The topological polar surface area (TPSA) is 80.0 Å². The Morgan fingerprint density at radius 3 is 2.81 bits per heavy atom. The van der Waals surface area contributed by atoms with E-state index in [0.29, 0.717) is 17.7 Å². The Morgan fingerprint density at radius 2 is 2.12 bits per heavy atom. The number of carboxylic acids is 1. The van der Waals surface area contributed by atoms with Crippen LogP contribution >= 0.6 is 0 Å². The lowest BCUT2D eigenvalue weighted by Gasteiger charge is -2.11. The van der Waals surface area contributed by atoms with E-state index in [4.69, 9.17) is 0 Å². The van der Waals surface area contributed by atoms with Gasteiger partial charge in [-0.05, 0) is 54.5 Å². The zero-order valence-corrected chi connectivity index (χ0v) is 14.9. The summed E-state index contributed by atoms with van der Waals surface area (Å²) in [4.78, 5) is 16.0. The van der Waals surface area contributed by atoms with Gasteiger partial charge in [0.2, 0.25) is 0 Å². The van der Waals surface area contributed by atoms with Crippen LogP contribution in [0.5, 0.6) is 0 Å². The van der Waals surface area contributed by atoms with Gasteiger partial charge in [-0.3, -0.25) is 4.68 Å². The summed E-state index contributed by atoms with van der Waals surface area (Å²) in [6.07, 6.45) is 5.85. The number of aromatic carboxylic acids is 1. The second-order valence-corrected chi connectivity index (χ2v) is 7.36. The van der Waals surface area contributed by atoms with E-state index in [1.807, 2.05) is 29.1 Å². The van der Waals surface area contributed by atoms with Crippen LogP contribution in [-0.4, -0.2) is 25.8 Å². The van der Waals surface area contributed by atoms with Crippen molar-refractivity contribution in [2.75, 3.05) is 5.32 Å². The van der Waals surface area contributed by atoms with Crippen molar-refractivity contribution in [2.24, 2.45) is 5.92 Å². The first-order valence-corrected chi connectivity index (χ1v) is 8.97.